The zero-order valence-electron chi connectivity index (χ0n) is 10.7. The maximum absolute atomic E-state index is 13.5. The van der Waals surface area contributed by atoms with Gasteiger partial charge in [0.15, 0.2) is 0 Å². The van der Waals surface area contributed by atoms with Crippen LogP contribution < -0.4 is 0 Å². The molecule has 0 aromatic heterocycles. The van der Waals surface area contributed by atoms with Gasteiger partial charge >= 0.3 is 0 Å². The van der Waals surface area contributed by atoms with Gasteiger partial charge < -0.3 is 10.0 Å². The Bertz CT molecular complexity index is 433. The Kier molecular flexibility index (Phi) is 4.78. The highest BCUT2D eigenvalue weighted by molar-refractivity contribution is 5.94. The highest BCUT2D eigenvalue weighted by atomic mass is 19.1. The van der Waals surface area contributed by atoms with Gasteiger partial charge in [0.2, 0.25) is 0 Å². The fourth-order valence-electron chi connectivity index (χ4n) is 1.63. The second-order valence-corrected chi connectivity index (χ2v) is 4.52. The normalized spacial score (nSPS) is 12.6. The van der Waals surface area contributed by atoms with Gasteiger partial charge in [-0.3, -0.25) is 4.79 Å². The molecule has 100 valence electrons. The molecule has 0 aliphatic heterocycles. The van der Waals surface area contributed by atoms with Crippen molar-refractivity contribution >= 4 is 5.91 Å². The second kappa shape index (κ2) is 5.91. The van der Waals surface area contributed by atoms with Gasteiger partial charge in [-0.25, -0.2) is 8.78 Å². The molecule has 1 atom stereocenters. The highest BCUT2D eigenvalue weighted by Crippen LogP contribution is 2.14. The predicted octanol–water partition coefficient (Wildman–Crippen LogP) is 2.20. The van der Waals surface area contributed by atoms with Crippen LogP contribution in [-0.2, 0) is 0 Å². The molecule has 1 aromatic carbocycles. The van der Waals surface area contributed by atoms with Crippen molar-refractivity contribution in [2.45, 2.75) is 32.9 Å². The fraction of sp³-hybridized carbons (Fsp3) is 0.462. The first-order valence-corrected chi connectivity index (χ1v) is 5.77. The van der Waals surface area contributed by atoms with E-state index >= 15 is 0 Å². The van der Waals surface area contributed by atoms with Crippen molar-refractivity contribution in [3.05, 3.63) is 35.4 Å². The summed E-state index contributed by atoms with van der Waals surface area (Å²) in [6.45, 7) is 5.10. The number of halogens is 2. The Labute approximate surface area is 105 Å². The third-order valence-electron chi connectivity index (χ3n) is 2.50. The van der Waals surface area contributed by atoms with Crippen LogP contribution in [0.5, 0.6) is 0 Å². The highest BCUT2D eigenvalue weighted by Gasteiger charge is 2.23. The molecule has 0 aliphatic rings. The summed E-state index contributed by atoms with van der Waals surface area (Å²) in [6, 6.07) is 2.54. The lowest BCUT2D eigenvalue weighted by molar-refractivity contribution is 0.0574. The van der Waals surface area contributed by atoms with Gasteiger partial charge in [0.1, 0.15) is 11.6 Å². The molecule has 0 radical (unpaired) electrons. The number of amides is 1. The molecular formula is C13H17F2NO2. The van der Waals surface area contributed by atoms with E-state index in [-0.39, 0.29) is 18.2 Å². The summed E-state index contributed by atoms with van der Waals surface area (Å²) in [5.41, 5.74) is -0.315. The molecule has 1 amide bonds. The summed E-state index contributed by atoms with van der Waals surface area (Å²) < 4.78 is 26.6. The second-order valence-electron chi connectivity index (χ2n) is 4.52. The van der Waals surface area contributed by atoms with Crippen LogP contribution in [0.4, 0.5) is 8.78 Å². The van der Waals surface area contributed by atoms with Crippen molar-refractivity contribution < 1.29 is 18.7 Å². The minimum absolute atomic E-state index is 0.0758. The lowest BCUT2D eigenvalue weighted by Gasteiger charge is -2.28. The summed E-state index contributed by atoms with van der Waals surface area (Å²) in [4.78, 5) is 13.4. The van der Waals surface area contributed by atoms with Gasteiger partial charge in [0.25, 0.3) is 5.91 Å². The van der Waals surface area contributed by atoms with Crippen molar-refractivity contribution in [2.24, 2.45) is 0 Å². The average Bonchev–Trinajstić information content (AvgIpc) is 2.27. The standard InChI is InChI=1S/C13H17F2NO2/c1-8(2)16(7-9(3)17)13(18)11-6-10(14)4-5-12(11)15/h4-6,8-9,17H,7H2,1-3H3. The Morgan fingerprint density at radius 1 is 1.33 bits per heavy atom. The van der Waals surface area contributed by atoms with Crippen LogP contribution in [-0.4, -0.2) is 34.6 Å². The van der Waals surface area contributed by atoms with Crippen molar-refractivity contribution in [2.75, 3.05) is 6.54 Å². The molecule has 0 bridgehead atoms. The summed E-state index contributed by atoms with van der Waals surface area (Å²) >= 11 is 0. The lowest BCUT2D eigenvalue weighted by Crippen LogP contribution is -2.41. The number of hydrogen-bond acceptors (Lipinski definition) is 2. The topological polar surface area (TPSA) is 40.5 Å². The molecule has 0 aliphatic carbocycles. The first-order valence-electron chi connectivity index (χ1n) is 5.77. The van der Waals surface area contributed by atoms with E-state index in [2.05, 4.69) is 0 Å². The average molecular weight is 257 g/mol. The smallest absolute Gasteiger partial charge is 0.257 e. The van der Waals surface area contributed by atoms with E-state index in [1.165, 1.54) is 11.8 Å². The molecule has 0 saturated carbocycles. The van der Waals surface area contributed by atoms with Crippen molar-refractivity contribution in [1.82, 2.24) is 4.90 Å². The lowest BCUT2D eigenvalue weighted by atomic mass is 10.1. The van der Waals surface area contributed by atoms with E-state index in [4.69, 9.17) is 0 Å². The number of carbonyl (C=O) groups excluding carboxylic acids is 1. The van der Waals surface area contributed by atoms with Crippen LogP contribution in [0.1, 0.15) is 31.1 Å². The number of rotatable bonds is 4. The minimum atomic E-state index is -0.766. The van der Waals surface area contributed by atoms with Gasteiger partial charge in [-0.05, 0) is 39.0 Å². The number of hydrogen-bond donors (Lipinski definition) is 1. The molecule has 1 aromatic rings. The summed E-state index contributed by atoms with van der Waals surface area (Å²) in [7, 11) is 0. The molecule has 5 heteroatoms. The van der Waals surface area contributed by atoms with Gasteiger partial charge in [0.05, 0.1) is 11.7 Å². The van der Waals surface area contributed by atoms with E-state index in [1.54, 1.807) is 13.8 Å². The van der Waals surface area contributed by atoms with Crippen LogP contribution in [0.2, 0.25) is 0 Å². The molecule has 0 fully saturated rings. The molecule has 0 heterocycles. The molecule has 18 heavy (non-hydrogen) atoms. The van der Waals surface area contributed by atoms with Crippen LogP contribution in [0, 0.1) is 11.6 Å². The Morgan fingerprint density at radius 3 is 2.44 bits per heavy atom. The molecule has 0 saturated heterocycles. The summed E-state index contributed by atoms with van der Waals surface area (Å²) in [5, 5.41) is 9.33. The van der Waals surface area contributed by atoms with E-state index in [1.807, 2.05) is 0 Å². The molecular weight excluding hydrogens is 240 g/mol. The predicted molar refractivity (Wildman–Crippen MR) is 64.2 cm³/mol. The van der Waals surface area contributed by atoms with E-state index in [0.717, 1.165) is 18.2 Å². The van der Waals surface area contributed by atoms with E-state index in [9.17, 15) is 18.7 Å². The zero-order valence-corrected chi connectivity index (χ0v) is 10.7. The third-order valence-corrected chi connectivity index (χ3v) is 2.50. The van der Waals surface area contributed by atoms with E-state index < -0.39 is 23.6 Å². The zero-order chi connectivity index (χ0) is 13.9. The fourth-order valence-corrected chi connectivity index (χ4v) is 1.63. The largest absolute Gasteiger partial charge is 0.392 e. The molecule has 1 N–H and O–H groups in total. The third kappa shape index (κ3) is 3.50. The number of aliphatic hydroxyl groups is 1. The van der Waals surface area contributed by atoms with Crippen LogP contribution in [0.15, 0.2) is 18.2 Å². The van der Waals surface area contributed by atoms with E-state index in [0.29, 0.717) is 0 Å². The molecule has 1 rings (SSSR count). The van der Waals surface area contributed by atoms with Crippen molar-refractivity contribution in [1.29, 1.82) is 0 Å². The van der Waals surface area contributed by atoms with Crippen LogP contribution in [0.25, 0.3) is 0 Å². The number of carbonyl (C=O) groups is 1. The Hall–Kier alpha value is -1.49. The van der Waals surface area contributed by atoms with Crippen LogP contribution in [0.3, 0.4) is 0 Å². The SMILES string of the molecule is CC(O)CN(C(=O)c1cc(F)ccc1F)C(C)C. The molecule has 1 unspecified atom stereocenters. The van der Waals surface area contributed by atoms with Gasteiger partial charge in [-0.1, -0.05) is 0 Å². The number of benzene rings is 1. The minimum Gasteiger partial charge on any atom is -0.392 e. The summed E-state index contributed by atoms with van der Waals surface area (Å²) in [5.74, 6) is -2.05. The quantitative estimate of drug-likeness (QED) is 0.898. The molecule has 3 nitrogen and oxygen atoms in total. The first-order chi connectivity index (χ1) is 8.32. The van der Waals surface area contributed by atoms with Crippen molar-refractivity contribution in [3.8, 4) is 0 Å². The first kappa shape index (κ1) is 14.6. The Balaban J connectivity index is 3.05. The Morgan fingerprint density at radius 2 is 1.94 bits per heavy atom. The maximum atomic E-state index is 13.5. The molecule has 0 spiro atoms. The number of aliphatic hydroxyl groups excluding tert-OH is 1. The van der Waals surface area contributed by atoms with Crippen molar-refractivity contribution in [3.63, 3.8) is 0 Å². The monoisotopic (exact) mass is 257 g/mol. The summed E-state index contributed by atoms with van der Waals surface area (Å²) in [6.07, 6.45) is -0.729. The van der Waals surface area contributed by atoms with Crippen LogP contribution >= 0.6 is 0 Å². The number of nitrogens with zero attached hydrogens (tertiary/aromatic N) is 1. The van der Waals surface area contributed by atoms with Gasteiger partial charge in [-0.2, -0.15) is 0 Å². The van der Waals surface area contributed by atoms with Gasteiger partial charge in [0, 0.05) is 12.6 Å². The maximum Gasteiger partial charge on any atom is 0.257 e. The van der Waals surface area contributed by atoms with Gasteiger partial charge in [-0.15, -0.1) is 0 Å².